The van der Waals surface area contributed by atoms with Crippen molar-refractivity contribution in [2.24, 2.45) is 0 Å². The van der Waals surface area contributed by atoms with Gasteiger partial charge in [-0.15, -0.1) is 0 Å². The topological polar surface area (TPSA) is 115 Å². The first-order valence-corrected chi connectivity index (χ1v) is 13.1. The first-order valence-electron chi connectivity index (χ1n) is 12.3. The molecule has 0 spiro atoms. The molecule has 1 atom stereocenters. The summed E-state index contributed by atoms with van der Waals surface area (Å²) in [6.07, 6.45) is 2.79. The van der Waals surface area contributed by atoms with Crippen LogP contribution in [-0.4, -0.2) is 57.1 Å². The minimum Gasteiger partial charge on any atom is -0.480 e. The highest BCUT2D eigenvalue weighted by molar-refractivity contribution is 6.39. The molecule has 198 valence electrons. The molecule has 0 saturated carbocycles. The van der Waals surface area contributed by atoms with Gasteiger partial charge in [-0.2, -0.15) is 5.10 Å². The van der Waals surface area contributed by atoms with E-state index >= 15 is 0 Å². The Morgan fingerprint density at radius 3 is 2.38 bits per heavy atom. The standard InChI is InChI=1S/C29H24Cl2N4O4/c30-21-5-3-6-22(31)25(21)27(36)32-24(29(38)39)16-17-8-10-18(11-9-17)19-12-14-35(15-13-19)28(37)26-20-4-1-2-7-23(20)33-34-26/h1-12,24H,13-16H2,(H,32,36)(H,33,34)(H,38,39)/t24-/m0/s1. The van der Waals surface area contributed by atoms with E-state index in [1.54, 1.807) is 11.0 Å². The number of carbonyl (C=O) groups is 3. The molecule has 4 aromatic rings. The van der Waals surface area contributed by atoms with Crippen LogP contribution >= 0.6 is 23.2 Å². The lowest BCUT2D eigenvalue weighted by Crippen LogP contribution is -2.42. The number of para-hydroxylation sites is 1. The Hall–Kier alpha value is -4.14. The molecule has 8 nitrogen and oxygen atoms in total. The summed E-state index contributed by atoms with van der Waals surface area (Å²) >= 11 is 12.2. The minimum absolute atomic E-state index is 0.0414. The number of aliphatic carboxylic acids is 1. The van der Waals surface area contributed by atoms with Crippen molar-refractivity contribution in [1.82, 2.24) is 20.4 Å². The molecule has 0 aliphatic carbocycles. The van der Waals surface area contributed by atoms with E-state index in [0.29, 0.717) is 25.2 Å². The van der Waals surface area contributed by atoms with E-state index in [4.69, 9.17) is 23.2 Å². The van der Waals surface area contributed by atoms with Gasteiger partial charge in [-0.05, 0) is 41.3 Å². The molecular formula is C29H24Cl2N4O4. The van der Waals surface area contributed by atoms with Crippen LogP contribution < -0.4 is 5.32 Å². The van der Waals surface area contributed by atoms with Gasteiger partial charge in [-0.1, -0.05) is 77.8 Å². The van der Waals surface area contributed by atoms with E-state index in [0.717, 1.165) is 27.6 Å². The van der Waals surface area contributed by atoms with Gasteiger partial charge in [0.15, 0.2) is 5.69 Å². The number of aromatic amines is 1. The number of nitrogens with one attached hydrogen (secondary N) is 2. The van der Waals surface area contributed by atoms with E-state index in [2.05, 4.69) is 15.5 Å². The third-order valence-electron chi connectivity index (χ3n) is 6.73. The normalized spacial score (nSPS) is 14.1. The van der Waals surface area contributed by atoms with Crippen LogP contribution in [0.1, 0.15) is 38.4 Å². The van der Waals surface area contributed by atoms with Crippen LogP contribution in [0.3, 0.4) is 0 Å². The van der Waals surface area contributed by atoms with Crippen LogP contribution in [0, 0.1) is 0 Å². The van der Waals surface area contributed by atoms with Crippen LogP contribution in [0.4, 0.5) is 0 Å². The highest BCUT2D eigenvalue weighted by Gasteiger charge is 2.25. The fourth-order valence-corrected chi connectivity index (χ4v) is 5.20. The smallest absolute Gasteiger partial charge is 0.326 e. The largest absolute Gasteiger partial charge is 0.480 e. The molecule has 1 aliphatic heterocycles. The zero-order valence-electron chi connectivity index (χ0n) is 20.7. The van der Waals surface area contributed by atoms with E-state index in [1.165, 1.54) is 12.1 Å². The summed E-state index contributed by atoms with van der Waals surface area (Å²) in [5.41, 5.74) is 4.13. The summed E-state index contributed by atoms with van der Waals surface area (Å²) in [5.74, 6) is -1.93. The zero-order chi connectivity index (χ0) is 27.5. The number of fused-ring (bicyclic) bond motifs is 1. The Bertz CT molecular complexity index is 1580. The van der Waals surface area contributed by atoms with Crippen molar-refractivity contribution in [3.8, 4) is 0 Å². The molecule has 0 bridgehead atoms. The number of aromatic nitrogens is 2. The first-order chi connectivity index (χ1) is 18.8. The van der Waals surface area contributed by atoms with Gasteiger partial charge < -0.3 is 15.3 Å². The lowest BCUT2D eigenvalue weighted by atomic mass is 9.96. The third-order valence-corrected chi connectivity index (χ3v) is 7.36. The number of nitrogens with zero attached hydrogens (tertiary/aromatic N) is 2. The van der Waals surface area contributed by atoms with E-state index < -0.39 is 17.9 Å². The van der Waals surface area contributed by atoms with Gasteiger partial charge in [0.05, 0.1) is 21.1 Å². The molecule has 39 heavy (non-hydrogen) atoms. The molecule has 3 N–H and O–H groups in total. The predicted octanol–water partition coefficient (Wildman–Crippen LogP) is 5.22. The minimum atomic E-state index is -1.17. The lowest BCUT2D eigenvalue weighted by Gasteiger charge is -2.26. The van der Waals surface area contributed by atoms with E-state index in [-0.39, 0.29) is 27.9 Å². The Morgan fingerprint density at radius 2 is 1.72 bits per heavy atom. The Morgan fingerprint density at radius 1 is 1.00 bits per heavy atom. The zero-order valence-corrected chi connectivity index (χ0v) is 22.2. The molecule has 1 aromatic heterocycles. The summed E-state index contributed by atoms with van der Waals surface area (Å²) < 4.78 is 0. The number of carbonyl (C=O) groups excluding carboxylic acids is 2. The maximum Gasteiger partial charge on any atom is 0.326 e. The monoisotopic (exact) mass is 562 g/mol. The molecule has 0 fully saturated rings. The van der Waals surface area contributed by atoms with Crippen LogP contribution in [0.15, 0.2) is 72.8 Å². The van der Waals surface area contributed by atoms with Crippen molar-refractivity contribution in [3.05, 3.63) is 105 Å². The second-order valence-corrected chi connectivity index (χ2v) is 10.0. The molecule has 2 heterocycles. The molecule has 1 aliphatic rings. The maximum atomic E-state index is 13.0. The maximum absolute atomic E-state index is 13.0. The predicted molar refractivity (Wildman–Crippen MR) is 150 cm³/mol. The summed E-state index contributed by atoms with van der Waals surface area (Å²) in [6.45, 7) is 1.03. The fourth-order valence-electron chi connectivity index (χ4n) is 4.63. The molecule has 2 amide bonds. The van der Waals surface area contributed by atoms with Crippen LogP contribution in [0.5, 0.6) is 0 Å². The molecule has 3 aromatic carbocycles. The molecular weight excluding hydrogens is 539 g/mol. The number of benzene rings is 3. The van der Waals surface area contributed by atoms with Gasteiger partial charge in [0, 0.05) is 24.9 Å². The number of rotatable bonds is 7. The van der Waals surface area contributed by atoms with Crippen LogP contribution in [-0.2, 0) is 11.2 Å². The number of H-pyrrole nitrogens is 1. The highest BCUT2D eigenvalue weighted by Crippen LogP contribution is 2.26. The van der Waals surface area contributed by atoms with Crippen molar-refractivity contribution in [1.29, 1.82) is 0 Å². The number of hydrogen-bond donors (Lipinski definition) is 3. The Labute approximate surface area is 234 Å². The van der Waals surface area contributed by atoms with Gasteiger partial charge in [0.1, 0.15) is 6.04 Å². The van der Waals surface area contributed by atoms with Crippen LogP contribution in [0.2, 0.25) is 10.0 Å². The molecule has 0 radical (unpaired) electrons. The van der Waals surface area contributed by atoms with E-state index in [9.17, 15) is 19.5 Å². The fraction of sp³-hybridized carbons (Fsp3) is 0.172. The Balaban J connectivity index is 1.23. The number of amides is 2. The van der Waals surface area contributed by atoms with Gasteiger partial charge >= 0.3 is 5.97 Å². The average Bonchev–Trinajstić information content (AvgIpc) is 3.37. The third kappa shape index (κ3) is 5.67. The summed E-state index contributed by atoms with van der Waals surface area (Å²) in [4.78, 5) is 39.4. The van der Waals surface area contributed by atoms with Gasteiger partial charge in [0.2, 0.25) is 0 Å². The summed E-state index contributed by atoms with van der Waals surface area (Å²) in [5, 5.41) is 20.4. The number of carboxylic acid groups (broad SMARTS) is 1. The molecule has 5 rings (SSSR count). The van der Waals surface area contributed by atoms with Gasteiger partial charge in [-0.25, -0.2) is 4.79 Å². The second kappa shape index (κ2) is 11.3. The number of hydrogen-bond acceptors (Lipinski definition) is 4. The first kappa shape index (κ1) is 26.5. The van der Waals surface area contributed by atoms with Gasteiger partial charge in [0.25, 0.3) is 11.8 Å². The lowest BCUT2D eigenvalue weighted by molar-refractivity contribution is -0.139. The number of halogens is 2. The quantitative estimate of drug-likeness (QED) is 0.285. The van der Waals surface area contributed by atoms with E-state index in [1.807, 2.05) is 54.6 Å². The van der Waals surface area contributed by atoms with Crippen LogP contribution in [0.25, 0.3) is 16.5 Å². The highest BCUT2D eigenvalue weighted by atomic mass is 35.5. The van der Waals surface area contributed by atoms with Crippen molar-refractivity contribution >= 4 is 57.5 Å². The SMILES string of the molecule is O=C(N[C@@H](Cc1ccc(C2=CCN(C(=O)c3n[nH]c4ccccc34)CC2)cc1)C(=O)O)c1c(Cl)cccc1Cl. The van der Waals surface area contributed by atoms with Crippen molar-refractivity contribution in [2.75, 3.05) is 13.1 Å². The summed E-state index contributed by atoms with van der Waals surface area (Å²) in [7, 11) is 0. The average molecular weight is 563 g/mol. The molecule has 0 unspecified atom stereocenters. The molecule has 0 saturated heterocycles. The van der Waals surface area contributed by atoms with Gasteiger partial charge in [-0.3, -0.25) is 14.7 Å². The number of carboxylic acids is 1. The van der Waals surface area contributed by atoms with Crippen molar-refractivity contribution < 1.29 is 19.5 Å². The van der Waals surface area contributed by atoms with Crippen molar-refractivity contribution in [3.63, 3.8) is 0 Å². The van der Waals surface area contributed by atoms with Crippen molar-refractivity contribution in [2.45, 2.75) is 18.9 Å². The summed E-state index contributed by atoms with van der Waals surface area (Å²) in [6, 6.07) is 18.6. The Kier molecular flexibility index (Phi) is 7.67. The molecule has 10 heteroatoms. The second-order valence-electron chi connectivity index (χ2n) is 9.21.